The highest BCUT2D eigenvalue weighted by molar-refractivity contribution is 4.60. The lowest BCUT2D eigenvalue weighted by molar-refractivity contribution is 0.339. The van der Waals surface area contributed by atoms with Crippen molar-refractivity contribution in [2.75, 3.05) is 0 Å². The molecule has 12 heavy (non-hydrogen) atoms. The van der Waals surface area contributed by atoms with E-state index in [1.54, 1.807) is 0 Å². The van der Waals surface area contributed by atoms with E-state index < -0.39 is 0 Å². The highest BCUT2D eigenvalue weighted by atomic mass is 14.1. The topological polar surface area (TPSA) is 0 Å². The summed E-state index contributed by atoms with van der Waals surface area (Å²) in [6, 6.07) is 0. The van der Waals surface area contributed by atoms with E-state index in [-0.39, 0.29) is 0 Å². The van der Waals surface area contributed by atoms with Gasteiger partial charge in [-0.15, -0.1) is 0 Å². The Kier molecular flexibility index (Phi) is 13.3. The Morgan fingerprint density at radius 3 is 1.17 bits per heavy atom. The first kappa shape index (κ1) is 14.5. The first-order valence-corrected chi connectivity index (χ1v) is 5.72. The molecule has 0 amide bonds. The van der Waals surface area contributed by atoms with Crippen LogP contribution in [-0.2, 0) is 0 Å². The number of hydrogen-bond donors (Lipinski definition) is 0. The van der Waals surface area contributed by atoms with Crippen LogP contribution in [0.3, 0.4) is 0 Å². The molecule has 0 fully saturated rings. The van der Waals surface area contributed by atoms with Crippen LogP contribution in [0.25, 0.3) is 0 Å². The van der Waals surface area contributed by atoms with E-state index >= 15 is 0 Å². The van der Waals surface area contributed by atoms with E-state index in [4.69, 9.17) is 0 Å². The molecule has 0 aromatic heterocycles. The zero-order valence-corrected chi connectivity index (χ0v) is 9.98. The minimum absolute atomic E-state index is 0.935. The molecule has 0 aromatic rings. The van der Waals surface area contributed by atoms with Crippen LogP contribution in [0, 0.1) is 11.8 Å². The highest BCUT2D eigenvalue weighted by Crippen LogP contribution is 2.20. The Labute approximate surface area is 79.8 Å². The standard InChI is InChI=1S/C10H22.C2H6/c1-5-7-9(3)10(4)8-6-2;1-2/h9-10H,5-8H2,1-4H3;1-2H3. The molecule has 0 spiro atoms. The molecule has 2 unspecified atom stereocenters. The number of hydrogen-bond acceptors (Lipinski definition) is 0. The lowest BCUT2D eigenvalue weighted by Gasteiger charge is -2.17. The molecule has 0 aliphatic carbocycles. The third-order valence-corrected chi connectivity index (χ3v) is 2.46. The van der Waals surface area contributed by atoms with Gasteiger partial charge in [-0.3, -0.25) is 0 Å². The van der Waals surface area contributed by atoms with E-state index in [0.29, 0.717) is 0 Å². The second-order valence-corrected chi connectivity index (χ2v) is 3.53. The fourth-order valence-corrected chi connectivity index (χ4v) is 1.48. The van der Waals surface area contributed by atoms with Gasteiger partial charge in [0.1, 0.15) is 0 Å². The number of rotatable bonds is 5. The van der Waals surface area contributed by atoms with E-state index in [2.05, 4.69) is 27.7 Å². The van der Waals surface area contributed by atoms with E-state index in [9.17, 15) is 0 Å². The third kappa shape index (κ3) is 8.10. The molecular weight excluding hydrogens is 144 g/mol. The molecule has 0 aliphatic rings. The Balaban J connectivity index is 0. The summed E-state index contributed by atoms with van der Waals surface area (Å²) >= 11 is 0. The molecule has 0 aromatic carbocycles. The van der Waals surface area contributed by atoms with Gasteiger partial charge in [0.15, 0.2) is 0 Å². The van der Waals surface area contributed by atoms with Gasteiger partial charge in [0.2, 0.25) is 0 Å². The maximum Gasteiger partial charge on any atom is -0.0417 e. The smallest absolute Gasteiger partial charge is 0.0417 e. The molecule has 0 nitrogen and oxygen atoms in total. The fourth-order valence-electron chi connectivity index (χ4n) is 1.48. The van der Waals surface area contributed by atoms with Crippen LogP contribution < -0.4 is 0 Å². The molecule has 0 heterocycles. The fraction of sp³-hybridized carbons (Fsp3) is 1.00. The van der Waals surface area contributed by atoms with Crippen LogP contribution in [-0.4, -0.2) is 0 Å². The third-order valence-electron chi connectivity index (χ3n) is 2.46. The molecule has 0 rings (SSSR count). The summed E-state index contributed by atoms with van der Waals surface area (Å²) < 4.78 is 0. The average molecular weight is 172 g/mol. The lowest BCUT2D eigenvalue weighted by Crippen LogP contribution is -2.06. The molecule has 2 atom stereocenters. The van der Waals surface area contributed by atoms with Crippen LogP contribution in [0.1, 0.15) is 67.2 Å². The minimum Gasteiger partial charge on any atom is -0.0683 e. The van der Waals surface area contributed by atoms with Gasteiger partial charge >= 0.3 is 0 Å². The first-order chi connectivity index (χ1) is 5.72. The SMILES string of the molecule is CC.CCCC(C)C(C)CCC. The second kappa shape index (κ2) is 11.0. The Hall–Kier alpha value is 0. The summed E-state index contributed by atoms with van der Waals surface area (Å²) in [6.07, 6.45) is 5.49. The van der Waals surface area contributed by atoms with E-state index in [0.717, 1.165) is 11.8 Å². The molecule has 76 valence electrons. The van der Waals surface area contributed by atoms with Crippen molar-refractivity contribution in [3.05, 3.63) is 0 Å². The summed E-state index contributed by atoms with van der Waals surface area (Å²) in [5.74, 6) is 1.87. The van der Waals surface area contributed by atoms with Gasteiger partial charge < -0.3 is 0 Å². The van der Waals surface area contributed by atoms with Crippen molar-refractivity contribution in [3.8, 4) is 0 Å². The molecule has 0 N–H and O–H groups in total. The average Bonchev–Trinajstić information content (AvgIpc) is 2.09. The van der Waals surface area contributed by atoms with Gasteiger partial charge in [-0.25, -0.2) is 0 Å². The van der Waals surface area contributed by atoms with Crippen molar-refractivity contribution in [3.63, 3.8) is 0 Å². The summed E-state index contributed by atoms with van der Waals surface area (Å²) in [4.78, 5) is 0. The quantitative estimate of drug-likeness (QED) is 0.554. The van der Waals surface area contributed by atoms with Crippen LogP contribution in [0.2, 0.25) is 0 Å². The molecule has 0 heteroatoms. The van der Waals surface area contributed by atoms with Gasteiger partial charge in [-0.2, -0.15) is 0 Å². The van der Waals surface area contributed by atoms with Crippen LogP contribution in [0.5, 0.6) is 0 Å². The van der Waals surface area contributed by atoms with Crippen molar-refractivity contribution in [1.29, 1.82) is 0 Å². The predicted octanol–water partition coefficient (Wildman–Crippen LogP) is 4.89. The van der Waals surface area contributed by atoms with Gasteiger partial charge in [0.05, 0.1) is 0 Å². The van der Waals surface area contributed by atoms with Crippen molar-refractivity contribution < 1.29 is 0 Å². The van der Waals surface area contributed by atoms with Crippen LogP contribution in [0.4, 0.5) is 0 Å². The maximum atomic E-state index is 2.38. The first-order valence-electron chi connectivity index (χ1n) is 5.72. The Morgan fingerprint density at radius 2 is 1.00 bits per heavy atom. The zero-order chi connectivity index (χ0) is 9.98. The van der Waals surface area contributed by atoms with Gasteiger partial charge in [-0.05, 0) is 11.8 Å². The molecule has 0 saturated carbocycles. The predicted molar refractivity (Wildman–Crippen MR) is 59.5 cm³/mol. The maximum absolute atomic E-state index is 2.38. The van der Waals surface area contributed by atoms with Crippen molar-refractivity contribution in [2.45, 2.75) is 67.2 Å². The second-order valence-electron chi connectivity index (χ2n) is 3.53. The van der Waals surface area contributed by atoms with Crippen molar-refractivity contribution >= 4 is 0 Å². The lowest BCUT2D eigenvalue weighted by atomic mass is 9.89. The Morgan fingerprint density at radius 1 is 0.750 bits per heavy atom. The highest BCUT2D eigenvalue weighted by Gasteiger charge is 2.08. The normalized spacial score (nSPS) is 14.5. The monoisotopic (exact) mass is 172 g/mol. The Bertz CT molecular complexity index is 56.4. The summed E-state index contributed by atoms with van der Waals surface area (Å²) in [5, 5.41) is 0. The molecular formula is C12H28. The molecule has 0 bridgehead atoms. The van der Waals surface area contributed by atoms with Gasteiger partial charge in [0, 0.05) is 0 Å². The molecule has 0 aliphatic heterocycles. The van der Waals surface area contributed by atoms with Crippen molar-refractivity contribution in [1.82, 2.24) is 0 Å². The largest absolute Gasteiger partial charge is 0.0683 e. The summed E-state index contributed by atoms with van der Waals surface area (Å²) in [6.45, 7) is 13.3. The van der Waals surface area contributed by atoms with Crippen LogP contribution >= 0.6 is 0 Å². The van der Waals surface area contributed by atoms with Gasteiger partial charge in [0.25, 0.3) is 0 Å². The van der Waals surface area contributed by atoms with Crippen molar-refractivity contribution in [2.24, 2.45) is 11.8 Å². The minimum atomic E-state index is 0.935. The summed E-state index contributed by atoms with van der Waals surface area (Å²) in [5.41, 5.74) is 0. The van der Waals surface area contributed by atoms with Gasteiger partial charge in [-0.1, -0.05) is 67.2 Å². The molecule has 0 saturated heterocycles. The van der Waals surface area contributed by atoms with Crippen LogP contribution in [0.15, 0.2) is 0 Å². The van der Waals surface area contributed by atoms with E-state index in [1.165, 1.54) is 25.7 Å². The molecule has 0 radical (unpaired) electrons. The zero-order valence-electron chi connectivity index (χ0n) is 9.98. The van der Waals surface area contributed by atoms with E-state index in [1.807, 2.05) is 13.8 Å². The summed E-state index contributed by atoms with van der Waals surface area (Å²) in [7, 11) is 0.